The van der Waals surface area contributed by atoms with Crippen molar-refractivity contribution < 1.29 is 44.8 Å². The fourth-order valence-corrected chi connectivity index (χ4v) is 12.3. The third-order valence-corrected chi connectivity index (χ3v) is 14.9. The molecule has 0 saturated carbocycles. The molecule has 0 aliphatic carbocycles. The van der Waals surface area contributed by atoms with E-state index in [1.165, 1.54) is 5.90 Å². The molecule has 8 aromatic rings. The monoisotopic (exact) mass is 1060 g/mol. The average molecular weight is 1060 g/mol. The topological polar surface area (TPSA) is 0 Å². The van der Waals surface area contributed by atoms with Gasteiger partial charge in [-0.2, -0.15) is 0 Å². The standard InChI is InChI=1S/2C16H9.C15H18P2.2Au/c2*1-2-14-15-9-5-3-7-12(15)11-13-8-4-6-10-16(13)14;1-16(2)13-17(14-9-5-3-6-10-14)15-11-7-4-8-12-15;;/h2*3-11H;3-12H,13H2,1-2H3;;/q2*-1;;2*+1/p+2. The fraction of sp³-hybridized carbons (Fsp3) is 0.0638. The molecule has 0 aliphatic rings. The third-order valence-electron chi connectivity index (χ3n) is 8.57. The van der Waals surface area contributed by atoms with Crippen LogP contribution in [0.5, 0.6) is 0 Å². The Morgan fingerprint density at radius 1 is 0.412 bits per heavy atom. The molecular weight excluding hydrogens is 1020 g/mol. The molecule has 0 heterocycles. The quantitative estimate of drug-likeness (QED) is 0.0542. The van der Waals surface area contributed by atoms with E-state index in [0.717, 1.165) is 54.2 Å². The summed E-state index contributed by atoms with van der Waals surface area (Å²) in [6.07, 6.45) is 14.9. The van der Waals surface area contributed by atoms with Crippen molar-refractivity contribution in [2.45, 2.75) is 0 Å². The Kier molecular flexibility index (Phi) is 15.5. The Morgan fingerprint density at radius 2 is 0.686 bits per heavy atom. The number of fused-ring (bicyclic) bond motifs is 4. The molecule has 0 atom stereocenters. The van der Waals surface area contributed by atoms with Crippen LogP contribution in [0.25, 0.3) is 43.1 Å². The van der Waals surface area contributed by atoms with Gasteiger partial charge in [-0.05, 0) is 57.9 Å². The second-order valence-electron chi connectivity index (χ2n) is 12.2. The maximum atomic E-state index is 7.46. The Hall–Kier alpha value is -3.74. The summed E-state index contributed by atoms with van der Waals surface area (Å²) in [7, 11) is -0.736. The Bertz CT molecular complexity index is 2150. The number of hydrogen-bond donors (Lipinski definition) is 0. The molecule has 0 bridgehead atoms. The van der Waals surface area contributed by atoms with Gasteiger partial charge in [0.05, 0.1) is 0 Å². The van der Waals surface area contributed by atoms with E-state index >= 15 is 0 Å². The Morgan fingerprint density at radius 3 is 0.961 bits per heavy atom. The van der Waals surface area contributed by atoms with Gasteiger partial charge in [0.15, 0.2) is 5.90 Å². The van der Waals surface area contributed by atoms with Crippen molar-refractivity contribution in [2.75, 3.05) is 19.2 Å². The van der Waals surface area contributed by atoms with Gasteiger partial charge in [0.25, 0.3) is 0 Å². The maximum absolute atomic E-state index is 7.46. The van der Waals surface area contributed by atoms with Crippen molar-refractivity contribution in [3.63, 3.8) is 0 Å². The van der Waals surface area contributed by atoms with Crippen molar-refractivity contribution in [3.05, 3.63) is 194 Å². The Labute approximate surface area is 336 Å². The molecule has 0 saturated heterocycles. The molecule has 256 valence electrons. The second-order valence-corrected chi connectivity index (χ2v) is 18.2. The zero-order chi connectivity index (χ0) is 34.0. The van der Waals surface area contributed by atoms with Crippen molar-refractivity contribution in [1.29, 1.82) is 0 Å². The van der Waals surface area contributed by atoms with Gasteiger partial charge in [-0.25, -0.2) is 0 Å². The van der Waals surface area contributed by atoms with E-state index in [2.05, 4.69) is 122 Å². The zero-order valence-corrected chi connectivity index (χ0v) is 34.8. The van der Waals surface area contributed by atoms with E-state index in [1.54, 1.807) is 10.6 Å². The number of rotatable bonds is 4. The summed E-state index contributed by atoms with van der Waals surface area (Å²) < 4.78 is 0. The van der Waals surface area contributed by atoms with E-state index < -0.39 is 7.92 Å². The molecule has 0 unspecified atom stereocenters. The minimum Gasteiger partial charge on any atom is -0.366 e. The molecule has 0 N–H and O–H groups in total. The van der Waals surface area contributed by atoms with E-state index in [0.29, 0.717) is 0 Å². The molecule has 0 radical (unpaired) electrons. The third kappa shape index (κ3) is 9.78. The first kappa shape index (κ1) is 40.0. The minimum atomic E-state index is -0.554. The summed E-state index contributed by atoms with van der Waals surface area (Å²) in [5.41, 5.74) is 1.77. The van der Waals surface area contributed by atoms with E-state index in [4.69, 9.17) is 12.8 Å². The first-order valence-corrected chi connectivity index (χ1v) is 20.9. The van der Waals surface area contributed by atoms with Crippen LogP contribution in [0, 0.1) is 24.7 Å². The molecule has 51 heavy (non-hydrogen) atoms. The Balaban J connectivity index is 0.000000168. The molecule has 0 amide bonds. The molecule has 4 heteroatoms. The van der Waals surface area contributed by atoms with Gasteiger partial charge in [0.1, 0.15) is 18.5 Å². The summed E-state index contributed by atoms with van der Waals surface area (Å²) in [5, 5.41) is 12.1. The molecule has 8 rings (SSSR count). The van der Waals surface area contributed by atoms with Crippen LogP contribution in [0.15, 0.2) is 170 Å². The first-order valence-electron chi connectivity index (χ1n) is 16.5. The SMILES string of the molecule is C[PH+](C)C[PH+](c1ccccc1)c1ccccc1.[Au+].[Au+].[C-]#Cc1c2ccccc2cc2ccccc12.[C-]#Cc1c2ccccc2cc2ccccc12. The van der Waals surface area contributed by atoms with Crippen LogP contribution in [0.4, 0.5) is 0 Å². The molecule has 0 spiro atoms. The molecule has 0 fully saturated rings. The molecule has 0 aliphatic heterocycles. The smallest absolute Gasteiger partial charge is 0.366 e. The van der Waals surface area contributed by atoms with E-state index in [1.807, 2.05) is 72.8 Å². The zero-order valence-electron chi connectivity index (χ0n) is 28.5. The van der Waals surface area contributed by atoms with Crippen LogP contribution in [-0.4, -0.2) is 19.2 Å². The molecular formula is C47H38Au2P2+2. The molecule has 0 aromatic heterocycles. The van der Waals surface area contributed by atoms with E-state index in [9.17, 15) is 0 Å². The van der Waals surface area contributed by atoms with Gasteiger partial charge in [-0.3, -0.25) is 11.8 Å². The van der Waals surface area contributed by atoms with Crippen molar-refractivity contribution in [1.82, 2.24) is 0 Å². The minimum absolute atomic E-state index is 0. The first-order chi connectivity index (χ1) is 24.1. The molecule has 0 nitrogen and oxygen atoms in total. The second kappa shape index (κ2) is 19.8. The van der Waals surface area contributed by atoms with Crippen molar-refractivity contribution >= 4 is 69.5 Å². The summed E-state index contributed by atoms with van der Waals surface area (Å²) in [6, 6.07) is 58.9. The largest absolute Gasteiger partial charge is 1.00 e. The predicted octanol–water partition coefficient (Wildman–Crippen LogP) is 11.1. The van der Waals surface area contributed by atoms with Gasteiger partial charge < -0.3 is 12.8 Å². The van der Waals surface area contributed by atoms with Crippen LogP contribution >= 0.6 is 15.8 Å². The van der Waals surface area contributed by atoms with Gasteiger partial charge >= 0.3 is 44.8 Å². The van der Waals surface area contributed by atoms with Crippen LogP contribution < -0.4 is 10.6 Å². The maximum Gasteiger partial charge on any atom is 1.00 e. The molecule has 8 aromatic carbocycles. The predicted molar refractivity (Wildman–Crippen MR) is 221 cm³/mol. The van der Waals surface area contributed by atoms with Crippen LogP contribution in [0.1, 0.15) is 11.1 Å². The van der Waals surface area contributed by atoms with Gasteiger partial charge in [0, 0.05) is 21.3 Å². The average Bonchev–Trinajstić information content (AvgIpc) is 3.16. The van der Waals surface area contributed by atoms with E-state index in [-0.39, 0.29) is 52.7 Å². The normalized spacial score (nSPS) is 10.2. The van der Waals surface area contributed by atoms with Crippen LogP contribution in [-0.2, 0) is 44.8 Å². The van der Waals surface area contributed by atoms with Crippen molar-refractivity contribution in [2.24, 2.45) is 0 Å². The summed E-state index contributed by atoms with van der Waals surface area (Å²) in [6.45, 7) is 4.84. The van der Waals surface area contributed by atoms with Crippen molar-refractivity contribution in [3.8, 4) is 11.8 Å². The fourth-order valence-electron chi connectivity index (χ4n) is 6.30. The number of benzene rings is 8. The summed E-state index contributed by atoms with van der Waals surface area (Å²) in [5.74, 6) is 6.53. The van der Waals surface area contributed by atoms with Gasteiger partial charge in [0.2, 0.25) is 0 Å². The van der Waals surface area contributed by atoms with Gasteiger partial charge in [-0.15, -0.1) is 11.1 Å². The summed E-state index contributed by atoms with van der Waals surface area (Å²) >= 11 is 0. The van der Waals surface area contributed by atoms with Crippen LogP contribution in [0.3, 0.4) is 0 Å². The number of hydrogen-bond acceptors (Lipinski definition) is 0. The van der Waals surface area contributed by atoms with Crippen LogP contribution in [0.2, 0.25) is 0 Å². The summed E-state index contributed by atoms with van der Waals surface area (Å²) in [4.78, 5) is 0. The van der Waals surface area contributed by atoms with Gasteiger partial charge in [-0.1, -0.05) is 155 Å².